The zero-order valence-corrected chi connectivity index (χ0v) is 15.0. The number of aryl methyl sites for hydroxylation is 2. The molecule has 2 aromatic carbocycles. The Morgan fingerprint density at radius 1 is 1.00 bits per heavy atom. The smallest absolute Gasteiger partial charge is 0.291 e. The molecule has 1 heterocycles. The number of hydrogen-bond donors (Lipinski definition) is 1. The molecule has 0 spiro atoms. The van der Waals surface area contributed by atoms with Crippen LogP contribution >= 0.6 is 0 Å². The van der Waals surface area contributed by atoms with Gasteiger partial charge in [0.2, 0.25) is 0 Å². The molecule has 134 valence electrons. The first-order valence-corrected chi connectivity index (χ1v) is 8.01. The first-order chi connectivity index (χ1) is 12.4. The number of hydrogen-bond acceptors (Lipinski definition) is 5. The lowest BCUT2D eigenvalue weighted by Crippen LogP contribution is -2.15. The molecular formula is C20H19NO5. The van der Waals surface area contributed by atoms with Crippen molar-refractivity contribution >= 4 is 22.6 Å². The lowest BCUT2D eigenvalue weighted by molar-refractivity contribution is 0.0997. The average molecular weight is 353 g/mol. The van der Waals surface area contributed by atoms with Crippen LogP contribution in [0.5, 0.6) is 11.5 Å². The Hall–Kier alpha value is -3.28. The number of fused-ring (bicyclic) bond motifs is 1. The molecule has 0 fully saturated rings. The predicted molar refractivity (Wildman–Crippen MR) is 99.5 cm³/mol. The number of methoxy groups -OCH3 is 2. The summed E-state index contributed by atoms with van der Waals surface area (Å²) >= 11 is 0. The molecule has 0 saturated heterocycles. The van der Waals surface area contributed by atoms with Gasteiger partial charge in [0.1, 0.15) is 17.1 Å². The van der Waals surface area contributed by atoms with E-state index in [2.05, 4.69) is 5.32 Å². The Bertz CT molecular complexity index is 1050. The first-order valence-electron chi connectivity index (χ1n) is 8.01. The SMILES string of the molecule is COc1ccc(OC)c(NC(=O)c2cc(=O)c3cc(C)c(C)cc3o2)c1. The van der Waals surface area contributed by atoms with Gasteiger partial charge in [0.05, 0.1) is 25.3 Å². The predicted octanol–water partition coefficient (Wildman–Crippen LogP) is 3.68. The highest BCUT2D eigenvalue weighted by atomic mass is 16.5. The van der Waals surface area contributed by atoms with Crippen LogP contribution < -0.4 is 20.2 Å². The summed E-state index contributed by atoms with van der Waals surface area (Å²) in [7, 11) is 3.03. The zero-order chi connectivity index (χ0) is 18.8. The van der Waals surface area contributed by atoms with Gasteiger partial charge in [-0.3, -0.25) is 9.59 Å². The van der Waals surface area contributed by atoms with Crippen molar-refractivity contribution in [2.24, 2.45) is 0 Å². The Balaban J connectivity index is 2.01. The van der Waals surface area contributed by atoms with Gasteiger partial charge in [0.25, 0.3) is 5.91 Å². The van der Waals surface area contributed by atoms with Gasteiger partial charge in [-0.2, -0.15) is 0 Å². The Labute approximate surface area is 150 Å². The summed E-state index contributed by atoms with van der Waals surface area (Å²) < 4.78 is 16.1. The molecule has 3 rings (SSSR count). The number of amides is 1. The molecular weight excluding hydrogens is 334 g/mol. The molecule has 6 heteroatoms. The maximum atomic E-state index is 12.6. The number of anilines is 1. The van der Waals surface area contributed by atoms with E-state index in [1.165, 1.54) is 20.3 Å². The van der Waals surface area contributed by atoms with Crippen LogP contribution in [0.1, 0.15) is 21.7 Å². The van der Waals surface area contributed by atoms with Crippen molar-refractivity contribution in [1.29, 1.82) is 0 Å². The van der Waals surface area contributed by atoms with E-state index in [1.807, 2.05) is 13.8 Å². The largest absolute Gasteiger partial charge is 0.497 e. The molecule has 0 saturated carbocycles. The van der Waals surface area contributed by atoms with Gasteiger partial charge in [-0.15, -0.1) is 0 Å². The summed E-state index contributed by atoms with van der Waals surface area (Å²) in [4.78, 5) is 24.9. The highest BCUT2D eigenvalue weighted by Gasteiger charge is 2.16. The molecule has 1 amide bonds. The van der Waals surface area contributed by atoms with Gasteiger partial charge < -0.3 is 19.2 Å². The van der Waals surface area contributed by atoms with Gasteiger partial charge in [0, 0.05) is 12.1 Å². The summed E-state index contributed by atoms with van der Waals surface area (Å²) in [6.45, 7) is 3.84. The van der Waals surface area contributed by atoms with Crippen molar-refractivity contribution in [2.45, 2.75) is 13.8 Å². The van der Waals surface area contributed by atoms with Gasteiger partial charge >= 0.3 is 0 Å². The Morgan fingerprint density at radius 3 is 2.42 bits per heavy atom. The van der Waals surface area contributed by atoms with Crippen molar-refractivity contribution in [3.63, 3.8) is 0 Å². The van der Waals surface area contributed by atoms with Crippen molar-refractivity contribution in [1.82, 2.24) is 0 Å². The molecule has 1 N–H and O–H groups in total. The molecule has 26 heavy (non-hydrogen) atoms. The number of benzene rings is 2. The van der Waals surface area contributed by atoms with Crippen molar-refractivity contribution in [3.8, 4) is 11.5 Å². The maximum Gasteiger partial charge on any atom is 0.291 e. The van der Waals surface area contributed by atoms with E-state index in [0.29, 0.717) is 28.2 Å². The lowest BCUT2D eigenvalue weighted by Gasteiger charge is -2.11. The van der Waals surface area contributed by atoms with Crippen LogP contribution in [0, 0.1) is 13.8 Å². The van der Waals surface area contributed by atoms with Gasteiger partial charge in [-0.05, 0) is 49.2 Å². The first kappa shape index (κ1) is 17.5. The number of rotatable bonds is 4. The summed E-state index contributed by atoms with van der Waals surface area (Å²) in [6.07, 6.45) is 0. The van der Waals surface area contributed by atoms with Crippen LogP contribution in [0.2, 0.25) is 0 Å². The van der Waals surface area contributed by atoms with Crippen molar-refractivity contribution in [3.05, 3.63) is 63.5 Å². The minimum atomic E-state index is -0.547. The molecule has 0 bridgehead atoms. The Kier molecular flexibility index (Phi) is 4.67. The standard InChI is InChI=1S/C20H19NO5/c1-11-7-14-16(22)10-19(26-18(14)8-12(11)2)20(23)21-15-9-13(24-3)5-6-17(15)25-4/h5-10H,1-4H3,(H,21,23). The van der Waals surface area contributed by atoms with E-state index in [4.69, 9.17) is 13.9 Å². The number of nitrogens with one attached hydrogen (secondary N) is 1. The number of ether oxygens (including phenoxy) is 2. The molecule has 0 aliphatic carbocycles. The van der Waals surface area contributed by atoms with Gasteiger partial charge in [0.15, 0.2) is 11.2 Å². The molecule has 0 unspecified atom stereocenters. The second-order valence-corrected chi connectivity index (χ2v) is 5.93. The molecule has 0 atom stereocenters. The van der Waals surface area contributed by atoms with E-state index in [0.717, 1.165) is 11.1 Å². The monoisotopic (exact) mass is 353 g/mol. The second kappa shape index (κ2) is 6.92. The van der Waals surface area contributed by atoms with Crippen molar-refractivity contribution < 1.29 is 18.7 Å². The zero-order valence-electron chi connectivity index (χ0n) is 15.0. The Morgan fingerprint density at radius 2 is 1.73 bits per heavy atom. The van der Waals surface area contributed by atoms with E-state index < -0.39 is 5.91 Å². The van der Waals surface area contributed by atoms with Crippen molar-refractivity contribution in [2.75, 3.05) is 19.5 Å². The fraction of sp³-hybridized carbons (Fsp3) is 0.200. The third kappa shape index (κ3) is 3.26. The van der Waals surface area contributed by atoms with E-state index in [9.17, 15) is 9.59 Å². The van der Waals surface area contributed by atoms with E-state index in [-0.39, 0.29) is 11.2 Å². The second-order valence-electron chi connectivity index (χ2n) is 5.93. The van der Waals surface area contributed by atoms with Crippen LogP contribution in [-0.2, 0) is 0 Å². The molecule has 6 nitrogen and oxygen atoms in total. The number of carbonyl (C=O) groups is 1. The van der Waals surface area contributed by atoms with Gasteiger partial charge in [-0.25, -0.2) is 0 Å². The highest BCUT2D eigenvalue weighted by molar-refractivity contribution is 6.04. The maximum absolute atomic E-state index is 12.6. The van der Waals surface area contributed by atoms with Crippen LogP contribution in [0.15, 0.2) is 45.6 Å². The van der Waals surface area contributed by atoms with Crippen LogP contribution in [-0.4, -0.2) is 20.1 Å². The quantitative estimate of drug-likeness (QED) is 0.774. The number of carbonyl (C=O) groups excluding carboxylic acids is 1. The van der Waals surface area contributed by atoms with Crippen LogP contribution in [0.25, 0.3) is 11.0 Å². The summed E-state index contributed by atoms with van der Waals surface area (Å²) in [5.41, 5.74) is 2.50. The normalized spacial score (nSPS) is 10.6. The highest BCUT2D eigenvalue weighted by Crippen LogP contribution is 2.29. The fourth-order valence-electron chi connectivity index (χ4n) is 2.62. The van der Waals surface area contributed by atoms with E-state index in [1.54, 1.807) is 30.3 Å². The van der Waals surface area contributed by atoms with Crippen LogP contribution in [0.3, 0.4) is 0 Å². The molecule has 0 radical (unpaired) electrons. The molecule has 0 aliphatic heterocycles. The van der Waals surface area contributed by atoms with Crippen LogP contribution in [0.4, 0.5) is 5.69 Å². The fourth-order valence-corrected chi connectivity index (χ4v) is 2.62. The summed E-state index contributed by atoms with van der Waals surface area (Å²) in [6, 6.07) is 9.74. The summed E-state index contributed by atoms with van der Waals surface area (Å²) in [5.74, 6) is 0.408. The molecule has 3 aromatic rings. The lowest BCUT2D eigenvalue weighted by atomic mass is 10.1. The molecule has 0 aliphatic rings. The average Bonchev–Trinajstić information content (AvgIpc) is 2.63. The minimum absolute atomic E-state index is 0.0735. The summed E-state index contributed by atoms with van der Waals surface area (Å²) in [5, 5.41) is 3.14. The van der Waals surface area contributed by atoms with E-state index >= 15 is 0 Å². The minimum Gasteiger partial charge on any atom is -0.497 e. The van der Waals surface area contributed by atoms with Gasteiger partial charge in [-0.1, -0.05) is 0 Å². The third-order valence-electron chi connectivity index (χ3n) is 4.22. The molecule has 1 aromatic heterocycles. The third-order valence-corrected chi connectivity index (χ3v) is 4.22. The topological polar surface area (TPSA) is 77.8 Å².